The molecule has 1 aromatic rings. The summed E-state index contributed by atoms with van der Waals surface area (Å²) in [5, 5.41) is 0. The standard InChI is InChI=1S/C16H22FNO3/c1-16(2,3)21-15(19)18-9-8-11(10-18)12-6-5-7-13(20-4)14(12)17/h5-7,11H,8-10H2,1-4H3. The zero-order valence-corrected chi connectivity index (χ0v) is 13.0. The number of hydrogen-bond donors (Lipinski definition) is 0. The number of amides is 1. The second kappa shape index (κ2) is 5.92. The number of carbonyl (C=O) groups is 1. The second-order valence-electron chi connectivity index (χ2n) is 6.28. The highest BCUT2D eigenvalue weighted by Gasteiger charge is 2.32. The van der Waals surface area contributed by atoms with E-state index in [-0.39, 0.29) is 23.6 Å². The van der Waals surface area contributed by atoms with Gasteiger partial charge < -0.3 is 14.4 Å². The molecule has 4 nitrogen and oxygen atoms in total. The Labute approximate surface area is 124 Å². The van der Waals surface area contributed by atoms with Crippen LogP contribution >= 0.6 is 0 Å². The Morgan fingerprint density at radius 3 is 2.71 bits per heavy atom. The molecule has 1 heterocycles. The lowest BCUT2D eigenvalue weighted by molar-refractivity contribution is 0.0292. The van der Waals surface area contributed by atoms with Crippen LogP contribution in [0.1, 0.15) is 38.7 Å². The van der Waals surface area contributed by atoms with Crippen LogP contribution < -0.4 is 4.74 Å². The van der Waals surface area contributed by atoms with Crippen LogP contribution in [0.4, 0.5) is 9.18 Å². The topological polar surface area (TPSA) is 38.8 Å². The highest BCUT2D eigenvalue weighted by molar-refractivity contribution is 5.68. The van der Waals surface area contributed by atoms with Gasteiger partial charge in [-0.2, -0.15) is 0 Å². The first-order valence-corrected chi connectivity index (χ1v) is 7.12. The molecule has 1 amide bonds. The molecule has 0 aromatic heterocycles. The van der Waals surface area contributed by atoms with Gasteiger partial charge in [0.15, 0.2) is 11.6 Å². The van der Waals surface area contributed by atoms with Crippen molar-refractivity contribution in [3.63, 3.8) is 0 Å². The van der Waals surface area contributed by atoms with Crippen molar-refractivity contribution >= 4 is 6.09 Å². The van der Waals surface area contributed by atoms with Gasteiger partial charge in [0.25, 0.3) is 0 Å². The van der Waals surface area contributed by atoms with Crippen molar-refractivity contribution in [1.82, 2.24) is 4.90 Å². The molecular weight excluding hydrogens is 273 g/mol. The Bertz CT molecular complexity index is 525. The lowest BCUT2D eigenvalue weighted by atomic mass is 9.97. The van der Waals surface area contributed by atoms with Gasteiger partial charge >= 0.3 is 6.09 Å². The van der Waals surface area contributed by atoms with Crippen LogP contribution in [-0.2, 0) is 4.74 Å². The highest BCUT2D eigenvalue weighted by Crippen LogP contribution is 2.33. The molecule has 2 rings (SSSR count). The van der Waals surface area contributed by atoms with E-state index < -0.39 is 5.60 Å². The van der Waals surface area contributed by atoms with Crippen molar-refractivity contribution in [3.05, 3.63) is 29.6 Å². The quantitative estimate of drug-likeness (QED) is 0.837. The van der Waals surface area contributed by atoms with Crippen LogP contribution in [0, 0.1) is 5.82 Å². The van der Waals surface area contributed by atoms with Crippen LogP contribution in [0.15, 0.2) is 18.2 Å². The van der Waals surface area contributed by atoms with Gasteiger partial charge in [-0.05, 0) is 38.8 Å². The van der Waals surface area contributed by atoms with Gasteiger partial charge in [-0.1, -0.05) is 12.1 Å². The van der Waals surface area contributed by atoms with E-state index in [4.69, 9.17) is 9.47 Å². The van der Waals surface area contributed by atoms with Crippen LogP contribution in [0.5, 0.6) is 5.75 Å². The summed E-state index contributed by atoms with van der Waals surface area (Å²) in [6.45, 7) is 6.55. The zero-order chi connectivity index (χ0) is 15.6. The number of benzene rings is 1. The van der Waals surface area contributed by atoms with Gasteiger partial charge in [-0.3, -0.25) is 0 Å². The van der Waals surface area contributed by atoms with E-state index in [1.54, 1.807) is 23.1 Å². The van der Waals surface area contributed by atoms with Gasteiger partial charge in [-0.25, -0.2) is 9.18 Å². The molecule has 1 aromatic carbocycles. The molecular formula is C16H22FNO3. The van der Waals surface area contributed by atoms with E-state index in [9.17, 15) is 9.18 Å². The molecule has 0 N–H and O–H groups in total. The van der Waals surface area contributed by atoms with Gasteiger partial charge in [0.1, 0.15) is 5.60 Å². The Morgan fingerprint density at radius 1 is 1.38 bits per heavy atom. The number of ether oxygens (including phenoxy) is 2. The van der Waals surface area contributed by atoms with Crippen LogP contribution in [0.2, 0.25) is 0 Å². The third-order valence-electron chi connectivity index (χ3n) is 3.49. The minimum atomic E-state index is -0.517. The van der Waals surface area contributed by atoms with Crippen LogP contribution in [-0.4, -0.2) is 36.8 Å². The zero-order valence-electron chi connectivity index (χ0n) is 13.0. The molecule has 116 valence electrons. The van der Waals surface area contributed by atoms with Crippen molar-refractivity contribution in [1.29, 1.82) is 0 Å². The van der Waals surface area contributed by atoms with E-state index in [0.717, 1.165) is 6.42 Å². The lowest BCUT2D eigenvalue weighted by Gasteiger charge is -2.24. The molecule has 0 aliphatic carbocycles. The molecule has 1 saturated heterocycles. The molecule has 0 spiro atoms. The average molecular weight is 295 g/mol. The number of halogens is 1. The van der Waals surface area contributed by atoms with Gasteiger partial charge in [0, 0.05) is 19.0 Å². The maximum atomic E-state index is 14.3. The van der Waals surface area contributed by atoms with Crippen molar-refractivity contribution in [3.8, 4) is 5.75 Å². The van der Waals surface area contributed by atoms with E-state index in [2.05, 4.69) is 0 Å². The highest BCUT2D eigenvalue weighted by atomic mass is 19.1. The predicted octanol–water partition coefficient (Wildman–Crippen LogP) is 3.56. The fourth-order valence-corrected chi connectivity index (χ4v) is 2.51. The number of nitrogens with zero attached hydrogens (tertiary/aromatic N) is 1. The summed E-state index contributed by atoms with van der Waals surface area (Å²) in [5.41, 5.74) is 0.0801. The summed E-state index contributed by atoms with van der Waals surface area (Å²) in [4.78, 5) is 13.7. The van der Waals surface area contributed by atoms with Crippen molar-refractivity contribution < 1.29 is 18.7 Å². The molecule has 5 heteroatoms. The number of carbonyl (C=O) groups excluding carboxylic acids is 1. The fourth-order valence-electron chi connectivity index (χ4n) is 2.51. The van der Waals surface area contributed by atoms with Gasteiger partial charge in [0.05, 0.1) is 7.11 Å². The number of likely N-dealkylation sites (tertiary alicyclic amines) is 1. The fraction of sp³-hybridized carbons (Fsp3) is 0.562. The molecule has 21 heavy (non-hydrogen) atoms. The summed E-state index contributed by atoms with van der Waals surface area (Å²) in [6, 6.07) is 5.12. The van der Waals surface area contributed by atoms with Crippen LogP contribution in [0.3, 0.4) is 0 Å². The molecule has 1 aliphatic heterocycles. The summed E-state index contributed by atoms with van der Waals surface area (Å²) in [7, 11) is 1.45. The first-order chi connectivity index (χ1) is 9.81. The van der Waals surface area contributed by atoms with Crippen molar-refractivity contribution in [2.45, 2.75) is 38.7 Å². The van der Waals surface area contributed by atoms with Crippen LogP contribution in [0.25, 0.3) is 0 Å². The first-order valence-electron chi connectivity index (χ1n) is 7.12. The van der Waals surface area contributed by atoms with Crippen molar-refractivity contribution in [2.75, 3.05) is 20.2 Å². The largest absolute Gasteiger partial charge is 0.494 e. The summed E-state index contributed by atoms with van der Waals surface area (Å²) in [6.07, 6.45) is 0.386. The third kappa shape index (κ3) is 3.65. The average Bonchev–Trinajstić information content (AvgIpc) is 2.86. The number of methoxy groups -OCH3 is 1. The lowest BCUT2D eigenvalue weighted by Crippen LogP contribution is -2.35. The minimum Gasteiger partial charge on any atom is -0.494 e. The second-order valence-corrected chi connectivity index (χ2v) is 6.28. The van der Waals surface area contributed by atoms with Crippen molar-refractivity contribution in [2.24, 2.45) is 0 Å². The molecule has 1 aliphatic rings. The predicted molar refractivity (Wildman–Crippen MR) is 78.1 cm³/mol. The monoisotopic (exact) mass is 295 g/mol. The maximum absolute atomic E-state index is 14.3. The Morgan fingerprint density at radius 2 is 2.10 bits per heavy atom. The van der Waals surface area contributed by atoms with Gasteiger partial charge in [0.2, 0.25) is 0 Å². The Balaban J connectivity index is 2.08. The number of hydrogen-bond acceptors (Lipinski definition) is 3. The maximum Gasteiger partial charge on any atom is 0.410 e. The molecule has 0 bridgehead atoms. The van der Waals surface area contributed by atoms with Gasteiger partial charge in [-0.15, -0.1) is 0 Å². The third-order valence-corrected chi connectivity index (χ3v) is 3.49. The summed E-state index contributed by atoms with van der Waals surface area (Å²) < 4.78 is 24.6. The summed E-state index contributed by atoms with van der Waals surface area (Å²) in [5.74, 6) is -0.119. The molecule has 1 atom stereocenters. The molecule has 1 fully saturated rings. The SMILES string of the molecule is COc1cccc(C2CCN(C(=O)OC(C)(C)C)C2)c1F. The molecule has 0 radical (unpaired) electrons. The van der Waals surface area contributed by atoms with E-state index in [1.807, 2.05) is 20.8 Å². The Hall–Kier alpha value is -1.78. The summed E-state index contributed by atoms with van der Waals surface area (Å²) >= 11 is 0. The minimum absolute atomic E-state index is 0.0207. The van der Waals surface area contributed by atoms with E-state index in [0.29, 0.717) is 18.7 Å². The smallest absolute Gasteiger partial charge is 0.410 e. The van der Waals surface area contributed by atoms with E-state index >= 15 is 0 Å². The number of rotatable bonds is 2. The first kappa shape index (κ1) is 15.6. The molecule has 0 saturated carbocycles. The van der Waals surface area contributed by atoms with E-state index in [1.165, 1.54) is 7.11 Å². The normalized spacial score (nSPS) is 18.7. The molecule has 1 unspecified atom stereocenters. The Kier molecular flexibility index (Phi) is 4.40.